The number of benzene rings is 1. The number of thiazole rings is 1. The molecule has 0 aliphatic carbocycles. The lowest BCUT2D eigenvalue weighted by atomic mass is 9.64. The van der Waals surface area contributed by atoms with Gasteiger partial charge in [-0.05, 0) is 34.5 Å². The summed E-state index contributed by atoms with van der Waals surface area (Å²) in [6.07, 6.45) is 0.322. The molecule has 2 aliphatic heterocycles. The summed E-state index contributed by atoms with van der Waals surface area (Å²) >= 11 is 4.81. The van der Waals surface area contributed by atoms with Crippen LogP contribution in [0.15, 0.2) is 40.3 Å². The second-order valence-electron chi connectivity index (χ2n) is 7.60. The van der Waals surface area contributed by atoms with E-state index in [9.17, 15) is 15.0 Å². The molecule has 2 fully saturated rings. The first-order chi connectivity index (χ1) is 13.4. The molecule has 2 atom stereocenters. The number of amides is 1. The van der Waals surface area contributed by atoms with Crippen LogP contribution in [0.25, 0.3) is 0 Å². The van der Waals surface area contributed by atoms with Crippen LogP contribution in [-0.4, -0.2) is 58.2 Å². The van der Waals surface area contributed by atoms with Gasteiger partial charge >= 0.3 is 0 Å². The second kappa shape index (κ2) is 7.16. The molecule has 0 bridgehead atoms. The molecule has 2 N–H and O–H groups in total. The Bertz CT molecular complexity index is 874. The number of hydroxylamine groups is 2. The van der Waals surface area contributed by atoms with Crippen molar-refractivity contribution in [1.82, 2.24) is 10.0 Å². The molecule has 3 heterocycles. The van der Waals surface area contributed by atoms with Crippen molar-refractivity contribution in [1.29, 1.82) is 0 Å². The molecule has 9 heteroatoms. The number of halogens is 1. The number of carbonyl (C=O) groups excluding carboxylic acids is 1. The number of nitrogens with zero attached hydrogens (tertiary/aromatic N) is 2. The fourth-order valence-corrected chi connectivity index (χ4v) is 5.74. The van der Waals surface area contributed by atoms with Crippen LogP contribution in [0.5, 0.6) is 0 Å². The molecule has 7 nitrogen and oxygen atoms in total. The lowest BCUT2D eigenvalue weighted by molar-refractivity contribution is -0.224. The maximum atomic E-state index is 13.3. The average molecular weight is 469 g/mol. The third kappa shape index (κ3) is 2.84. The molecule has 2 saturated heterocycles. The van der Waals surface area contributed by atoms with E-state index >= 15 is 0 Å². The van der Waals surface area contributed by atoms with Gasteiger partial charge in [-0.25, -0.2) is 10.0 Å². The number of rotatable bonds is 4. The number of fused-ring (bicyclic) bond motifs is 1. The lowest BCUT2D eigenvalue weighted by Crippen LogP contribution is -2.64. The highest BCUT2D eigenvalue weighted by atomic mass is 79.9. The molecule has 2 aliphatic rings. The molecule has 28 heavy (non-hydrogen) atoms. The van der Waals surface area contributed by atoms with Gasteiger partial charge < -0.3 is 14.9 Å². The van der Waals surface area contributed by atoms with Gasteiger partial charge in [0.05, 0.1) is 26.4 Å². The van der Waals surface area contributed by atoms with Crippen molar-refractivity contribution in [3.05, 3.63) is 50.9 Å². The van der Waals surface area contributed by atoms with Crippen LogP contribution in [0.3, 0.4) is 0 Å². The van der Waals surface area contributed by atoms with Crippen molar-refractivity contribution >= 4 is 33.2 Å². The highest BCUT2D eigenvalue weighted by Crippen LogP contribution is 2.58. The van der Waals surface area contributed by atoms with E-state index in [1.165, 1.54) is 16.4 Å². The number of hydrogen-bond acceptors (Lipinski definition) is 7. The van der Waals surface area contributed by atoms with Gasteiger partial charge in [0.2, 0.25) is 0 Å². The van der Waals surface area contributed by atoms with Crippen molar-refractivity contribution in [2.45, 2.75) is 24.5 Å². The summed E-state index contributed by atoms with van der Waals surface area (Å²) in [6.45, 7) is 1.66. The van der Waals surface area contributed by atoms with E-state index in [2.05, 4.69) is 20.9 Å². The molecule has 2 aromatic rings. The minimum absolute atomic E-state index is 0.0587. The number of aliphatic hydroxyl groups excluding tert-OH is 2. The van der Waals surface area contributed by atoms with Gasteiger partial charge in [0.25, 0.3) is 5.91 Å². The fraction of sp³-hybridized carbons (Fsp3) is 0.474. The van der Waals surface area contributed by atoms with E-state index in [1.54, 1.807) is 24.3 Å². The van der Waals surface area contributed by atoms with Crippen LogP contribution in [-0.2, 0) is 15.1 Å². The molecule has 1 aromatic heterocycles. The summed E-state index contributed by atoms with van der Waals surface area (Å²) in [7, 11) is 0. The second-order valence-corrected chi connectivity index (χ2v) is 9.27. The first-order valence-corrected chi connectivity index (χ1v) is 10.6. The summed E-state index contributed by atoms with van der Waals surface area (Å²) < 4.78 is 6.67. The molecule has 0 saturated carbocycles. The Morgan fingerprint density at radius 1 is 1.29 bits per heavy atom. The largest absolute Gasteiger partial charge is 0.393 e. The molecular formula is C19H21BrN2O5S. The van der Waals surface area contributed by atoms with Gasteiger partial charge in [-0.3, -0.25) is 9.63 Å². The van der Waals surface area contributed by atoms with Crippen molar-refractivity contribution in [2.75, 3.05) is 26.4 Å². The zero-order chi connectivity index (χ0) is 20.0. The van der Waals surface area contributed by atoms with Crippen LogP contribution in [0.1, 0.15) is 28.7 Å². The molecule has 4 rings (SSSR count). The van der Waals surface area contributed by atoms with Gasteiger partial charge in [0, 0.05) is 16.4 Å². The van der Waals surface area contributed by atoms with Crippen molar-refractivity contribution in [2.24, 2.45) is 5.41 Å². The Morgan fingerprint density at radius 3 is 2.61 bits per heavy atom. The molecule has 150 valence electrons. The normalized spacial score (nSPS) is 28.9. The summed E-state index contributed by atoms with van der Waals surface area (Å²) in [4.78, 5) is 23.9. The minimum atomic E-state index is -1.08. The number of aliphatic hydroxyl groups is 2. The van der Waals surface area contributed by atoms with Gasteiger partial charge in [-0.1, -0.05) is 25.1 Å². The van der Waals surface area contributed by atoms with Gasteiger partial charge in [0.1, 0.15) is 15.2 Å². The Morgan fingerprint density at radius 2 is 2.00 bits per heavy atom. The molecule has 0 spiro atoms. The third-order valence-electron chi connectivity index (χ3n) is 5.77. The first-order valence-electron chi connectivity index (χ1n) is 8.89. The molecule has 1 amide bonds. The summed E-state index contributed by atoms with van der Waals surface area (Å²) in [6, 6.07) is 8.93. The van der Waals surface area contributed by atoms with E-state index in [0.717, 1.165) is 0 Å². The van der Waals surface area contributed by atoms with E-state index in [0.29, 0.717) is 21.6 Å². The Kier molecular flexibility index (Phi) is 5.09. The Balaban J connectivity index is 1.82. The average Bonchev–Trinajstić information content (AvgIpc) is 3.28. The zero-order valence-corrected chi connectivity index (χ0v) is 17.7. The first kappa shape index (κ1) is 19.9. The summed E-state index contributed by atoms with van der Waals surface area (Å²) in [5.74, 6) is -0.278. The number of hydrogen-bond donors (Lipinski definition) is 2. The summed E-state index contributed by atoms with van der Waals surface area (Å²) in [5, 5.41) is 23.6. The topological polar surface area (TPSA) is 92.1 Å². The van der Waals surface area contributed by atoms with Crippen LogP contribution < -0.4 is 0 Å². The van der Waals surface area contributed by atoms with E-state index in [4.69, 9.17) is 9.57 Å². The smallest absolute Gasteiger partial charge is 0.278 e. The summed E-state index contributed by atoms with van der Waals surface area (Å²) in [5.41, 5.74) is -2.16. The SMILES string of the molecule is CC12CON(C(=O)c3ccccc3)[C@@]1(c1nc(Br)cs1)COC(CO)(CO)C2. The van der Waals surface area contributed by atoms with Crippen LogP contribution in [0.2, 0.25) is 0 Å². The van der Waals surface area contributed by atoms with E-state index < -0.39 is 16.6 Å². The Hall–Kier alpha value is -1.36. The zero-order valence-electron chi connectivity index (χ0n) is 15.3. The predicted molar refractivity (Wildman–Crippen MR) is 106 cm³/mol. The standard InChI is InChI=1S/C19H21BrN2O5S/c1-17-8-18(9-23,10-24)26-12-19(17,16-21-14(20)7-28-16)22(27-11-17)15(25)13-5-3-2-4-6-13/h2-7,23-24H,8-12H2,1H3/t17?,19-/m1/s1. The monoisotopic (exact) mass is 468 g/mol. The highest BCUT2D eigenvalue weighted by Gasteiger charge is 2.68. The number of ether oxygens (including phenoxy) is 1. The van der Waals surface area contributed by atoms with E-state index in [1.807, 2.05) is 18.4 Å². The highest BCUT2D eigenvalue weighted by molar-refractivity contribution is 9.10. The molecule has 1 aromatic carbocycles. The predicted octanol–water partition coefficient (Wildman–Crippen LogP) is 2.34. The van der Waals surface area contributed by atoms with Gasteiger partial charge in [-0.15, -0.1) is 11.3 Å². The van der Waals surface area contributed by atoms with Crippen molar-refractivity contribution in [3.63, 3.8) is 0 Å². The maximum absolute atomic E-state index is 13.3. The quantitative estimate of drug-likeness (QED) is 0.715. The minimum Gasteiger partial charge on any atom is -0.393 e. The van der Waals surface area contributed by atoms with Crippen molar-refractivity contribution < 1.29 is 24.6 Å². The fourth-order valence-electron chi connectivity index (χ4n) is 4.17. The van der Waals surface area contributed by atoms with Gasteiger partial charge in [-0.2, -0.15) is 0 Å². The third-order valence-corrected chi connectivity index (χ3v) is 7.47. The van der Waals surface area contributed by atoms with Crippen molar-refractivity contribution in [3.8, 4) is 0 Å². The van der Waals surface area contributed by atoms with Crippen LogP contribution in [0.4, 0.5) is 0 Å². The van der Waals surface area contributed by atoms with Gasteiger partial charge in [0.15, 0.2) is 5.54 Å². The maximum Gasteiger partial charge on any atom is 0.278 e. The molecule has 1 unspecified atom stereocenters. The lowest BCUT2D eigenvalue weighted by Gasteiger charge is -2.52. The molecule has 0 radical (unpaired) electrons. The Labute approximate surface area is 175 Å². The number of aromatic nitrogens is 1. The molecular weight excluding hydrogens is 448 g/mol. The number of carbonyl (C=O) groups is 1. The van der Waals surface area contributed by atoms with Crippen LogP contribution in [0, 0.1) is 5.41 Å². The van der Waals surface area contributed by atoms with Crippen LogP contribution >= 0.6 is 27.3 Å². The van der Waals surface area contributed by atoms with E-state index in [-0.39, 0.29) is 32.3 Å².